The van der Waals surface area contributed by atoms with Gasteiger partial charge in [-0.05, 0) is 12.1 Å². The number of hydrogen-bond donors (Lipinski definition) is 2. The lowest BCUT2D eigenvalue weighted by atomic mass is 10.3. The third-order valence-corrected chi connectivity index (χ3v) is 1.54. The predicted octanol–water partition coefficient (Wildman–Crippen LogP) is 0.738. The Morgan fingerprint density at radius 3 is 2.77 bits per heavy atom. The second-order valence-electron chi connectivity index (χ2n) is 2.47. The summed E-state index contributed by atoms with van der Waals surface area (Å²) in [6, 6.07) is 4.85. The SMILES string of the molecule is COc1ccc(OCCN)cc1O. The monoisotopic (exact) mass is 183 g/mol. The second-order valence-corrected chi connectivity index (χ2v) is 2.47. The van der Waals surface area contributed by atoms with Crippen LogP contribution in [0.3, 0.4) is 0 Å². The molecule has 0 saturated heterocycles. The summed E-state index contributed by atoms with van der Waals surface area (Å²) in [5.41, 5.74) is 5.26. The van der Waals surface area contributed by atoms with E-state index in [0.717, 1.165) is 0 Å². The van der Waals surface area contributed by atoms with Crippen LogP contribution >= 0.6 is 0 Å². The van der Waals surface area contributed by atoms with Crippen LogP contribution < -0.4 is 15.2 Å². The molecular formula is C9H13NO3. The number of ether oxygens (including phenoxy) is 2. The summed E-state index contributed by atoms with van der Waals surface area (Å²) in [6.07, 6.45) is 0. The smallest absolute Gasteiger partial charge is 0.161 e. The molecule has 1 aromatic rings. The van der Waals surface area contributed by atoms with Gasteiger partial charge in [0, 0.05) is 12.6 Å². The minimum absolute atomic E-state index is 0.0667. The first-order valence-corrected chi connectivity index (χ1v) is 3.98. The fourth-order valence-electron chi connectivity index (χ4n) is 0.936. The zero-order valence-corrected chi connectivity index (χ0v) is 7.49. The molecule has 0 atom stereocenters. The first-order chi connectivity index (χ1) is 6.27. The zero-order chi connectivity index (χ0) is 9.68. The maximum atomic E-state index is 9.35. The van der Waals surface area contributed by atoms with Crippen LogP contribution in [-0.4, -0.2) is 25.4 Å². The van der Waals surface area contributed by atoms with Crippen molar-refractivity contribution in [1.29, 1.82) is 0 Å². The van der Waals surface area contributed by atoms with E-state index in [2.05, 4.69) is 0 Å². The van der Waals surface area contributed by atoms with Crippen molar-refractivity contribution >= 4 is 0 Å². The minimum atomic E-state index is 0.0667. The molecule has 13 heavy (non-hydrogen) atoms. The van der Waals surface area contributed by atoms with Crippen LogP contribution in [0.5, 0.6) is 17.2 Å². The molecule has 0 aliphatic heterocycles. The lowest BCUT2D eigenvalue weighted by Crippen LogP contribution is -2.10. The second kappa shape index (κ2) is 4.57. The van der Waals surface area contributed by atoms with E-state index in [0.29, 0.717) is 24.7 Å². The fraction of sp³-hybridized carbons (Fsp3) is 0.333. The molecule has 0 fully saturated rings. The van der Waals surface area contributed by atoms with Crippen LogP contribution in [0.4, 0.5) is 0 Å². The van der Waals surface area contributed by atoms with Crippen molar-refractivity contribution in [2.45, 2.75) is 0 Å². The first kappa shape index (κ1) is 9.67. The number of nitrogens with two attached hydrogens (primary N) is 1. The van der Waals surface area contributed by atoms with Crippen LogP contribution in [0.1, 0.15) is 0 Å². The van der Waals surface area contributed by atoms with Crippen molar-refractivity contribution in [1.82, 2.24) is 0 Å². The zero-order valence-electron chi connectivity index (χ0n) is 7.49. The molecule has 4 heteroatoms. The summed E-state index contributed by atoms with van der Waals surface area (Å²) in [5, 5.41) is 9.35. The van der Waals surface area contributed by atoms with Gasteiger partial charge in [0.25, 0.3) is 0 Å². The topological polar surface area (TPSA) is 64.7 Å². The highest BCUT2D eigenvalue weighted by molar-refractivity contribution is 5.44. The maximum Gasteiger partial charge on any atom is 0.161 e. The normalized spacial score (nSPS) is 9.69. The van der Waals surface area contributed by atoms with E-state index in [9.17, 15) is 5.11 Å². The number of methoxy groups -OCH3 is 1. The summed E-state index contributed by atoms with van der Waals surface area (Å²) >= 11 is 0. The number of phenolic OH excluding ortho intramolecular Hbond substituents is 1. The minimum Gasteiger partial charge on any atom is -0.504 e. The average molecular weight is 183 g/mol. The maximum absolute atomic E-state index is 9.35. The van der Waals surface area contributed by atoms with Gasteiger partial charge in [-0.3, -0.25) is 0 Å². The molecule has 3 N–H and O–H groups in total. The lowest BCUT2D eigenvalue weighted by molar-refractivity contribution is 0.322. The van der Waals surface area contributed by atoms with Gasteiger partial charge in [0.05, 0.1) is 7.11 Å². The molecule has 0 aliphatic rings. The van der Waals surface area contributed by atoms with Crippen LogP contribution in [-0.2, 0) is 0 Å². The average Bonchev–Trinajstić information content (AvgIpc) is 2.15. The van der Waals surface area contributed by atoms with Gasteiger partial charge in [0.1, 0.15) is 12.4 Å². The molecule has 0 unspecified atom stereocenters. The molecule has 1 rings (SSSR count). The van der Waals surface area contributed by atoms with Crippen molar-refractivity contribution in [3.05, 3.63) is 18.2 Å². The Hall–Kier alpha value is -1.42. The number of rotatable bonds is 4. The number of benzene rings is 1. The molecule has 0 aliphatic carbocycles. The van der Waals surface area contributed by atoms with Gasteiger partial charge in [-0.25, -0.2) is 0 Å². The van der Waals surface area contributed by atoms with E-state index in [1.807, 2.05) is 0 Å². The third kappa shape index (κ3) is 2.52. The van der Waals surface area contributed by atoms with E-state index in [1.54, 1.807) is 12.1 Å². The molecule has 1 aromatic carbocycles. The summed E-state index contributed by atoms with van der Waals surface area (Å²) in [4.78, 5) is 0. The summed E-state index contributed by atoms with van der Waals surface area (Å²) < 4.78 is 10.1. The van der Waals surface area contributed by atoms with Gasteiger partial charge in [0.2, 0.25) is 0 Å². The Labute approximate surface area is 76.9 Å². The number of aromatic hydroxyl groups is 1. The molecule has 0 spiro atoms. The standard InChI is InChI=1S/C9H13NO3/c1-12-9-3-2-7(6-8(9)11)13-5-4-10/h2-3,6,11H,4-5,10H2,1H3. The highest BCUT2D eigenvalue weighted by Gasteiger charge is 2.02. The van der Waals surface area contributed by atoms with Crippen molar-refractivity contribution in [3.8, 4) is 17.2 Å². The van der Waals surface area contributed by atoms with Gasteiger partial charge >= 0.3 is 0 Å². The molecule has 0 saturated carbocycles. The molecule has 72 valence electrons. The number of hydrogen-bond acceptors (Lipinski definition) is 4. The van der Waals surface area contributed by atoms with Gasteiger partial charge in [-0.15, -0.1) is 0 Å². The molecule has 0 radical (unpaired) electrons. The quantitative estimate of drug-likeness (QED) is 0.722. The summed E-state index contributed by atoms with van der Waals surface area (Å²) in [5.74, 6) is 1.08. The molecule has 4 nitrogen and oxygen atoms in total. The molecule has 0 bridgehead atoms. The van der Waals surface area contributed by atoms with E-state index in [-0.39, 0.29) is 5.75 Å². The Balaban J connectivity index is 2.71. The predicted molar refractivity (Wildman–Crippen MR) is 49.2 cm³/mol. The molecular weight excluding hydrogens is 170 g/mol. The lowest BCUT2D eigenvalue weighted by Gasteiger charge is -2.07. The van der Waals surface area contributed by atoms with Gasteiger partial charge in [-0.2, -0.15) is 0 Å². The van der Waals surface area contributed by atoms with Crippen molar-refractivity contribution in [2.24, 2.45) is 5.73 Å². The molecule has 0 heterocycles. The molecule has 0 aromatic heterocycles. The third-order valence-electron chi connectivity index (χ3n) is 1.54. The fourth-order valence-corrected chi connectivity index (χ4v) is 0.936. The van der Waals surface area contributed by atoms with Gasteiger partial charge in [-0.1, -0.05) is 0 Å². The highest BCUT2D eigenvalue weighted by atomic mass is 16.5. The van der Waals surface area contributed by atoms with Crippen LogP contribution in [0.15, 0.2) is 18.2 Å². The Morgan fingerprint density at radius 1 is 1.46 bits per heavy atom. The van der Waals surface area contributed by atoms with Gasteiger partial charge in [0.15, 0.2) is 11.5 Å². The van der Waals surface area contributed by atoms with Gasteiger partial charge < -0.3 is 20.3 Å². The van der Waals surface area contributed by atoms with Crippen LogP contribution in [0, 0.1) is 0 Å². The van der Waals surface area contributed by atoms with E-state index in [1.165, 1.54) is 13.2 Å². The Kier molecular flexibility index (Phi) is 3.40. The summed E-state index contributed by atoms with van der Waals surface area (Å²) in [6.45, 7) is 0.887. The van der Waals surface area contributed by atoms with Crippen LogP contribution in [0.2, 0.25) is 0 Å². The van der Waals surface area contributed by atoms with E-state index >= 15 is 0 Å². The first-order valence-electron chi connectivity index (χ1n) is 3.98. The Bertz CT molecular complexity index is 276. The molecule has 0 amide bonds. The van der Waals surface area contributed by atoms with Crippen molar-refractivity contribution < 1.29 is 14.6 Å². The summed E-state index contributed by atoms with van der Waals surface area (Å²) in [7, 11) is 1.50. The highest BCUT2D eigenvalue weighted by Crippen LogP contribution is 2.29. The van der Waals surface area contributed by atoms with Crippen molar-refractivity contribution in [2.75, 3.05) is 20.3 Å². The largest absolute Gasteiger partial charge is 0.504 e. The van der Waals surface area contributed by atoms with Crippen LogP contribution in [0.25, 0.3) is 0 Å². The Morgan fingerprint density at radius 2 is 2.23 bits per heavy atom. The van der Waals surface area contributed by atoms with Crippen molar-refractivity contribution in [3.63, 3.8) is 0 Å². The number of phenols is 1. The van der Waals surface area contributed by atoms with E-state index < -0.39 is 0 Å². The van der Waals surface area contributed by atoms with E-state index in [4.69, 9.17) is 15.2 Å².